The van der Waals surface area contributed by atoms with Gasteiger partial charge in [-0.05, 0) is 89.2 Å². The topological polar surface area (TPSA) is 95.2 Å². The molecule has 6 atom stereocenters. The first kappa shape index (κ1) is 36.9. The lowest BCUT2D eigenvalue weighted by molar-refractivity contribution is 0.123. The Kier molecular flexibility index (Phi) is 13.8. The summed E-state index contributed by atoms with van der Waals surface area (Å²) in [5.41, 5.74) is 1.32. The van der Waals surface area contributed by atoms with Crippen molar-refractivity contribution in [2.45, 2.75) is 104 Å². The molecule has 8 nitrogen and oxygen atoms in total. The van der Waals surface area contributed by atoms with Gasteiger partial charge < -0.3 is 19.3 Å². The second kappa shape index (κ2) is 16.8. The number of rotatable bonds is 18. The van der Waals surface area contributed by atoms with E-state index in [0.29, 0.717) is 35.0 Å². The van der Waals surface area contributed by atoms with Gasteiger partial charge in [-0.15, -0.1) is 15.8 Å². The summed E-state index contributed by atoms with van der Waals surface area (Å²) in [6, 6.07) is 7.39. The van der Waals surface area contributed by atoms with Gasteiger partial charge in [0.05, 0.1) is 11.5 Å². The number of allylic oxidation sites excluding steroid dienone is 1. The molecule has 0 saturated heterocycles. The van der Waals surface area contributed by atoms with Crippen molar-refractivity contribution in [3.63, 3.8) is 0 Å². The van der Waals surface area contributed by atoms with E-state index in [1.54, 1.807) is 13.1 Å². The van der Waals surface area contributed by atoms with Crippen molar-refractivity contribution in [2.75, 3.05) is 13.6 Å². The fraction of sp³-hybridized carbons (Fsp3) is 0.588. The van der Waals surface area contributed by atoms with Gasteiger partial charge in [-0.1, -0.05) is 61.7 Å². The number of hydrogen-bond donors (Lipinski definition) is 1. The third-order valence-corrected chi connectivity index (χ3v) is 8.73. The van der Waals surface area contributed by atoms with Crippen LogP contribution in [0.1, 0.15) is 92.0 Å². The molecule has 0 saturated carbocycles. The molecule has 11 heteroatoms. The zero-order chi connectivity index (χ0) is 33.3. The highest BCUT2D eigenvalue weighted by atomic mass is 35.5. The molecule has 2 heterocycles. The Bertz CT molecular complexity index is 1380. The van der Waals surface area contributed by atoms with Crippen LogP contribution in [0.2, 0.25) is 5.02 Å². The molecular formula is C34H50ClFN5O3P. The van der Waals surface area contributed by atoms with Crippen LogP contribution in [0.5, 0.6) is 11.8 Å². The predicted octanol–water partition coefficient (Wildman–Crippen LogP) is 7.90. The van der Waals surface area contributed by atoms with Crippen LogP contribution < -0.4 is 20.1 Å². The average Bonchev–Trinajstić information content (AvgIpc) is 3.44. The largest absolute Gasteiger partial charge is 0.474 e. The number of ether oxygens (including phenoxy) is 2. The van der Waals surface area contributed by atoms with Crippen molar-refractivity contribution in [1.82, 2.24) is 25.4 Å². The Morgan fingerprint density at radius 3 is 2.42 bits per heavy atom. The molecule has 0 radical (unpaired) electrons. The molecule has 3 aromatic rings. The Balaban J connectivity index is 1.98. The van der Waals surface area contributed by atoms with Gasteiger partial charge in [-0.2, -0.15) is 15.0 Å². The number of nitrogens with one attached hydrogen (secondary N) is 1. The van der Waals surface area contributed by atoms with Gasteiger partial charge in [0, 0.05) is 11.6 Å². The number of nitrogens with zero attached hydrogens (tertiary/aromatic N) is 4. The van der Waals surface area contributed by atoms with Gasteiger partial charge in [-0.3, -0.25) is 0 Å². The molecule has 3 rings (SSSR count). The van der Waals surface area contributed by atoms with Crippen molar-refractivity contribution in [3.05, 3.63) is 52.9 Å². The highest BCUT2D eigenvalue weighted by Crippen LogP contribution is 2.36. The van der Waals surface area contributed by atoms with Crippen molar-refractivity contribution < 1.29 is 18.4 Å². The van der Waals surface area contributed by atoms with E-state index in [-0.39, 0.29) is 36.3 Å². The summed E-state index contributed by atoms with van der Waals surface area (Å²) in [6.45, 7) is 18.6. The second-order valence-electron chi connectivity index (χ2n) is 12.8. The number of hydrogen-bond acceptors (Lipinski definition) is 8. The molecule has 0 aliphatic heterocycles. The van der Waals surface area contributed by atoms with Crippen molar-refractivity contribution >= 4 is 26.1 Å². The fourth-order valence-electron chi connectivity index (χ4n) is 5.55. The minimum absolute atomic E-state index is 0.0643. The molecule has 2 aromatic heterocycles. The number of aromatic nitrogens is 4. The van der Waals surface area contributed by atoms with Crippen molar-refractivity contribution in [1.29, 1.82) is 0 Å². The smallest absolute Gasteiger partial charge is 0.240 e. The lowest BCUT2D eigenvalue weighted by Gasteiger charge is -2.24. The SMILES string of the molecule is C=C(C)C[C@@H](C)C[C@H](CCC)Oc1cc(O[C@@H](C)[C@@H](C)C[C@@H](F)CNC)nc(-c2noc(C(C)(C)c3c(P)cccc3Cl)n2)n1. The number of halogens is 2. The maximum Gasteiger partial charge on any atom is 0.240 e. The van der Waals surface area contributed by atoms with Gasteiger partial charge in [0.15, 0.2) is 0 Å². The van der Waals surface area contributed by atoms with Crippen molar-refractivity contribution in [2.24, 2.45) is 11.8 Å². The Labute approximate surface area is 275 Å². The Hall–Kier alpha value is -2.61. The summed E-state index contributed by atoms with van der Waals surface area (Å²) >= 11 is 6.60. The zero-order valence-electron chi connectivity index (χ0n) is 28.0. The molecule has 1 unspecified atom stereocenters. The van der Waals surface area contributed by atoms with Crippen LogP contribution in [0.3, 0.4) is 0 Å². The van der Waals surface area contributed by atoms with Gasteiger partial charge >= 0.3 is 0 Å². The molecule has 248 valence electrons. The Morgan fingerprint density at radius 2 is 1.80 bits per heavy atom. The van der Waals surface area contributed by atoms with E-state index >= 15 is 0 Å². The molecule has 1 N–H and O–H groups in total. The highest BCUT2D eigenvalue weighted by molar-refractivity contribution is 7.27. The average molecular weight is 662 g/mol. The van der Waals surface area contributed by atoms with Crippen LogP contribution in [0.4, 0.5) is 4.39 Å². The molecule has 0 spiro atoms. The molecular weight excluding hydrogens is 612 g/mol. The summed E-state index contributed by atoms with van der Waals surface area (Å²) in [5.74, 6) is 1.77. The third-order valence-electron chi connectivity index (χ3n) is 7.93. The van der Waals surface area contributed by atoms with E-state index in [9.17, 15) is 4.39 Å². The van der Waals surface area contributed by atoms with Gasteiger partial charge in [-0.25, -0.2) is 4.39 Å². The summed E-state index contributed by atoms with van der Waals surface area (Å²) < 4.78 is 32.9. The quantitative estimate of drug-likeness (QED) is 0.109. The van der Waals surface area contributed by atoms with E-state index in [0.717, 1.165) is 42.1 Å². The minimum Gasteiger partial charge on any atom is -0.474 e. The molecule has 45 heavy (non-hydrogen) atoms. The van der Waals surface area contributed by atoms with Crippen LogP contribution in [-0.4, -0.2) is 52.1 Å². The van der Waals surface area contributed by atoms with E-state index in [4.69, 9.17) is 35.6 Å². The third kappa shape index (κ3) is 10.5. The van der Waals surface area contributed by atoms with Crippen molar-refractivity contribution in [3.8, 4) is 23.4 Å². The van der Waals surface area contributed by atoms with Crippen LogP contribution >= 0.6 is 20.8 Å². The fourth-order valence-corrected chi connectivity index (χ4v) is 6.69. The summed E-state index contributed by atoms with van der Waals surface area (Å²) in [5, 5.41) is 8.68. The monoisotopic (exact) mass is 661 g/mol. The summed E-state index contributed by atoms with van der Waals surface area (Å²) in [7, 11) is 4.46. The van der Waals surface area contributed by atoms with E-state index in [1.165, 1.54) is 0 Å². The zero-order valence-corrected chi connectivity index (χ0v) is 29.9. The molecule has 1 aromatic carbocycles. The van der Waals surface area contributed by atoms with Crippen LogP contribution in [0.25, 0.3) is 11.6 Å². The predicted molar refractivity (Wildman–Crippen MR) is 183 cm³/mol. The maximum absolute atomic E-state index is 14.4. The molecule has 0 amide bonds. The maximum atomic E-state index is 14.4. The van der Waals surface area contributed by atoms with E-state index in [2.05, 4.69) is 45.1 Å². The molecule has 0 bridgehead atoms. The first-order valence-corrected chi connectivity index (χ1v) is 16.7. The lowest BCUT2D eigenvalue weighted by Crippen LogP contribution is -2.28. The summed E-state index contributed by atoms with van der Waals surface area (Å²) in [4.78, 5) is 14.1. The highest BCUT2D eigenvalue weighted by Gasteiger charge is 2.34. The minimum atomic E-state index is -0.979. The lowest BCUT2D eigenvalue weighted by atomic mass is 9.84. The van der Waals surface area contributed by atoms with E-state index < -0.39 is 11.6 Å². The molecule has 0 aliphatic rings. The van der Waals surface area contributed by atoms with Crippen LogP contribution in [0.15, 0.2) is 40.9 Å². The van der Waals surface area contributed by atoms with Gasteiger partial charge in [0.2, 0.25) is 29.3 Å². The first-order valence-electron chi connectivity index (χ1n) is 15.8. The van der Waals surface area contributed by atoms with Crippen LogP contribution in [-0.2, 0) is 5.41 Å². The number of alkyl halides is 1. The second-order valence-corrected chi connectivity index (χ2v) is 13.9. The van der Waals surface area contributed by atoms with E-state index in [1.807, 2.05) is 52.8 Å². The molecule has 0 aliphatic carbocycles. The summed E-state index contributed by atoms with van der Waals surface area (Å²) in [6.07, 6.45) is 2.59. The van der Waals surface area contributed by atoms with Gasteiger partial charge in [0.1, 0.15) is 18.4 Å². The molecule has 0 fully saturated rings. The normalized spacial score (nSPS) is 15.3. The van der Waals surface area contributed by atoms with Crippen LogP contribution in [0, 0.1) is 11.8 Å². The Morgan fingerprint density at radius 1 is 1.11 bits per heavy atom. The van der Waals surface area contributed by atoms with Gasteiger partial charge in [0.25, 0.3) is 0 Å². The standard InChI is InChI=1S/C34H50ClFN5O3P/c1-10-12-25(16-21(4)15-20(2)3)43-29-18-28(42-23(6)22(5)17-24(36)19-37-9)38-31(39-29)32-40-33(44-41-32)34(7,8)30-26(35)13-11-14-27(30)45/h11,13-14,18,21-25,37H,2,10,12,15-17,19,45H2,1,3-9H3/t21-,22+,23+,24-,25+/m1/s1. The number of benzene rings is 1. The first-order chi connectivity index (χ1) is 21.2.